The molecule has 0 aliphatic carbocycles. The average Bonchev–Trinajstić information content (AvgIpc) is 2.14. The third kappa shape index (κ3) is 4.35. The maximum absolute atomic E-state index is 12.1. The largest absolute Gasteiger partial charge is 0.476 e. The molecule has 0 aliphatic rings. The van der Waals surface area contributed by atoms with Crippen molar-refractivity contribution in [3.05, 3.63) is 23.9 Å². The molecule has 1 aromatic rings. The van der Waals surface area contributed by atoms with Crippen molar-refractivity contribution in [1.29, 1.82) is 0 Å². The highest BCUT2D eigenvalue weighted by molar-refractivity contribution is 5.85. The van der Waals surface area contributed by atoms with E-state index in [0.29, 0.717) is 6.54 Å². The van der Waals surface area contributed by atoms with E-state index in [4.69, 9.17) is 10.5 Å². The van der Waals surface area contributed by atoms with Crippen molar-refractivity contribution in [3.8, 4) is 5.88 Å². The molecule has 86 valence electrons. The molecule has 0 aromatic carbocycles. The molecular weight excluding hydrogens is 233 g/mol. The van der Waals surface area contributed by atoms with Gasteiger partial charge in [-0.1, -0.05) is 0 Å². The quantitative estimate of drug-likeness (QED) is 0.880. The van der Waals surface area contributed by atoms with Crippen LogP contribution in [-0.2, 0) is 6.18 Å². The minimum Gasteiger partial charge on any atom is -0.476 e. The molecule has 2 N–H and O–H groups in total. The summed E-state index contributed by atoms with van der Waals surface area (Å²) < 4.78 is 41.1. The van der Waals surface area contributed by atoms with E-state index in [1.807, 2.05) is 0 Å². The van der Waals surface area contributed by atoms with Crippen molar-refractivity contribution >= 4 is 12.4 Å². The lowest BCUT2D eigenvalue weighted by atomic mass is 10.3. The number of alkyl halides is 3. The molecule has 0 aliphatic heterocycles. The Morgan fingerprint density at radius 1 is 1.33 bits per heavy atom. The first kappa shape index (κ1) is 14.0. The minimum absolute atomic E-state index is 0. The Morgan fingerprint density at radius 3 is 2.40 bits per heavy atom. The second-order valence-corrected chi connectivity index (χ2v) is 2.52. The van der Waals surface area contributed by atoms with Gasteiger partial charge in [-0.05, 0) is 6.07 Å². The summed E-state index contributed by atoms with van der Waals surface area (Å²) in [5.41, 5.74) is 4.35. The van der Waals surface area contributed by atoms with E-state index in [9.17, 15) is 13.2 Å². The summed E-state index contributed by atoms with van der Waals surface area (Å²) in [6.07, 6.45) is -3.63. The fourth-order valence-electron chi connectivity index (χ4n) is 0.797. The summed E-state index contributed by atoms with van der Waals surface area (Å²) in [5, 5.41) is 0. The van der Waals surface area contributed by atoms with Crippen LogP contribution in [0.4, 0.5) is 13.2 Å². The van der Waals surface area contributed by atoms with Crippen molar-refractivity contribution in [2.45, 2.75) is 6.18 Å². The standard InChI is InChI=1S/C8H9F3N2O.ClH/c9-8(10,11)6-1-2-7(13-5-6)14-4-3-12;/h1-2,5H,3-4,12H2;1H. The summed E-state index contributed by atoms with van der Waals surface area (Å²) in [7, 11) is 0. The lowest BCUT2D eigenvalue weighted by Gasteiger charge is -2.07. The van der Waals surface area contributed by atoms with Gasteiger partial charge in [0.1, 0.15) is 6.61 Å². The van der Waals surface area contributed by atoms with Gasteiger partial charge in [0.05, 0.1) is 5.56 Å². The number of pyridine rings is 1. The molecule has 1 aromatic heterocycles. The highest BCUT2D eigenvalue weighted by atomic mass is 35.5. The molecule has 1 heterocycles. The van der Waals surface area contributed by atoms with E-state index in [-0.39, 0.29) is 24.9 Å². The lowest BCUT2D eigenvalue weighted by Crippen LogP contribution is -2.11. The third-order valence-corrected chi connectivity index (χ3v) is 1.43. The fourth-order valence-corrected chi connectivity index (χ4v) is 0.797. The van der Waals surface area contributed by atoms with Crippen LogP contribution in [0.25, 0.3) is 0 Å². The Morgan fingerprint density at radius 2 is 2.00 bits per heavy atom. The molecule has 0 bridgehead atoms. The summed E-state index contributed by atoms with van der Waals surface area (Å²) in [5.74, 6) is 0.142. The second kappa shape index (κ2) is 5.77. The average molecular weight is 243 g/mol. The van der Waals surface area contributed by atoms with E-state index < -0.39 is 11.7 Å². The number of ether oxygens (including phenoxy) is 1. The zero-order valence-electron chi connectivity index (χ0n) is 7.62. The van der Waals surface area contributed by atoms with Crippen LogP contribution in [0.2, 0.25) is 0 Å². The molecule has 15 heavy (non-hydrogen) atoms. The van der Waals surface area contributed by atoms with Gasteiger partial charge in [0.15, 0.2) is 0 Å². The summed E-state index contributed by atoms with van der Waals surface area (Å²) in [6, 6.07) is 2.08. The van der Waals surface area contributed by atoms with E-state index in [0.717, 1.165) is 12.3 Å². The molecule has 0 saturated carbocycles. The number of halogens is 4. The molecule has 0 radical (unpaired) electrons. The first-order valence-electron chi connectivity index (χ1n) is 3.90. The van der Waals surface area contributed by atoms with E-state index >= 15 is 0 Å². The summed E-state index contributed by atoms with van der Waals surface area (Å²) >= 11 is 0. The van der Waals surface area contributed by atoms with Gasteiger partial charge in [0, 0.05) is 18.8 Å². The zero-order chi connectivity index (χ0) is 10.6. The van der Waals surface area contributed by atoms with Crippen LogP contribution < -0.4 is 10.5 Å². The summed E-state index contributed by atoms with van der Waals surface area (Å²) in [4.78, 5) is 3.48. The van der Waals surface area contributed by atoms with Gasteiger partial charge in [-0.2, -0.15) is 13.2 Å². The Bertz CT molecular complexity index is 289. The van der Waals surface area contributed by atoms with Gasteiger partial charge < -0.3 is 10.5 Å². The molecule has 0 unspecified atom stereocenters. The van der Waals surface area contributed by atoms with Gasteiger partial charge in [-0.3, -0.25) is 0 Å². The lowest BCUT2D eigenvalue weighted by molar-refractivity contribution is -0.137. The number of rotatable bonds is 3. The summed E-state index contributed by atoms with van der Waals surface area (Å²) in [6.45, 7) is 0.529. The Labute approximate surface area is 90.8 Å². The predicted molar refractivity (Wildman–Crippen MR) is 51.0 cm³/mol. The topological polar surface area (TPSA) is 48.1 Å². The molecule has 7 heteroatoms. The first-order chi connectivity index (χ1) is 6.54. The van der Waals surface area contributed by atoms with Gasteiger partial charge in [-0.15, -0.1) is 12.4 Å². The molecule has 0 atom stereocenters. The Hall–Kier alpha value is -1.01. The van der Waals surface area contributed by atoms with Crippen molar-refractivity contribution < 1.29 is 17.9 Å². The van der Waals surface area contributed by atoms with Crippen molar-refractivity contribution in [1.82, 2.24) is 4.98 Å². The number of hydrogen-bond donors (Lipinski definition) is 1. The fraction of sp³-hybridized carbons (Fsp3) is 0.375. The van der Waals surface area contributed by atoms with Crippen LogP contribution in [0.1, 0.15) is 5.56 Å². The zero-order valence-corrected chi connectivity index (χ0v) is 8.44. The number of nitrogens with zero attached hydrogens (tertiary/aromatic N) is 1. The van der Waals surface area contributed by atoms with Gasteiger partial charge in [0.2, 0.25) is 5.88 Å². The monoisotopic (exact) mass is 242 g/mol. The second-order valence-electron chi connectivity index (χ2n) is 2.52. The van der Waals surface area contributed by atoms with E-state index in [1.165, 1.54) is 6.07 Å². The van der Waals surface area contributed by atoms with Crippen molar-refractivity contribution in [2.24, 2.45) is 5.73 Å². The third-order valence-electron chi connectivity index (χ3n) is 1.43. The molecule has 0 fully saturated rings. The van der Waals surface area contributed by atoms with Crippen molar-refractivity contribution in [3.63, 3.8) is 0 Å². The molecule has 1 rings (SSSR count). The molecule has 3 nitrogen and oxygen atoms in total. The smallest absolute Gasteiger partial charge is 0.417 e. The van der Waals surface area contributed by atoms with Crippen LogP contribution >= 0.6 is 12.4 Å². The predicted octanol–water partition coefficient (Wildman–Crippen LogP) is 1.86. The molecule has 0 amide bonds. The molecule has 0 saturated heterocycles. The molecular formula is C8H10ClF3N2O. The van der Waals surface area contributed by atoms with Crippen molar-refractivity contribution in [2.75, 3.05) is 13.2 Å². The molecule has 0 spiro atoms. The maximum atomic E-state index is 12.1. The van der Waals surface area contributed by atoms with Crippen LogP contribution in [0.5, 0.6) is 5.88 Å². The van der Waals surface area contributed by atoms with Crippen LogP contribution in [-0.4, -0.2) is 18.1 Å². The van der Waals surface area contributed by atoms with Crippen LogP contribution in [0, 0.1) is 0 Å². The highest BCUT2D eigenvalue weighted by Gasteiger charge is 2.30. The van der Waals surface area contributed by atoms with E-state index in [2.05, 4.69) is 4.98 Å². The van der Waals surface area contributed by atoms with Gasteiger partial charge in [-0.25, -0.2) is 4.98 Å². The Balaban J connectivity index is 0.00000196. The number of aromatic nitrogens is 1. The minimum atomic E-state index is -4.36. The number of hydrogen-bond acceptors (Lipinski definition) is 3. The van der Waals surface area contributed by atoms with E-state index in [1.54, 1.807) is 0 Å². The number of nitrogens with two attached hydrogens (primary N) is 1. The Kier molecular flexibility index (Phi) is 5.38. The van der Waals surface area contributed by atoms with Crippen LogP contribution in [0.15, 0.2) is 18.3 Å². The normalized spacial score (nSPS) is 10.7. The van der Waals surface area contributed by atoms with Crippen LogP contribution in [0.3, 0.4) is 0 Å². The SMILES string of the molecule is Cl.NCCOc1ccc(C(F)(F)F)cn1. The highest BCUT2D eigenvalue weighted by Crippen LogP contribution is 2.28. The van der Waals surface area contributed by atoms with Gasteiger partial charge >= 0.3 is 6.18 Å². The maximum Gasteiger partial charge on any atom is 0.417 e. The first-order valence-corrected chi connectivity index (χ1v) is 3.90. The van der Waals surface area contributed by atoms with Gasteiger partial charge in [0.25, 0.3) is 0 Å².